The molecule has 3 heterocycles. The summed E-state index contributed by atoms with van der Waals surface area (Å²) in [5, 5.41) is 0. The summed E-state index contributed by atoms with van der Waals surface area (Å²) in [5.74, 6) is 1.23. The molecular formula is C23H29N3O. The summed E-state index contributed by atoms with van der Waals surface area (Å²) in [6.45, 7) is 5.13. The summed E-state index contributed by atoms with van der Waals surface area (Å²) in [4.78, 5) is 22.5. The molecule has 0 spiro atoms. The van der Waals surface area contributed by atoms with Crippen LogP contribution < -0.4 is 4.90 Å². The van der Waals surface area contributed by atoms with Gasteiger partial charge in [0.25, 0.3) is 5.91 Å². The molecule has 1 aromatic carbocycles. The van der Waals surface area contributed by atoms with Gasteiger partial charge in [-0.25, -0.2) is 4.98 Å². The Morgan fingerprint density at radius 3 is 2.41 bits per heavy atom. The molecule has 2 fully saturated rings. The Labute approximate surface area is 162 Å². The van der Waals surface area contributed by atoms with Crippen molar-refractivity contribution in [2.45, 2.75) is 51.5 Å². The maximum absolute atomic E-state index is 13.1. The van der Waals surface area contributed by atoms with Gasteiger partial charge >= 0.3 is 0 Å². The third-order valence-corrected chi connectivity index (χ3v) is 5.94. The summed E-state index contributed by atoms with van der Waals surface area (Å²) < 4.78 is 0. The predicted octanol–water partition coefficient (Wildman–Crippen LogP) is 4.75. The van der Waals surface area contributed by atoms with Crippen LogP contribution in [0.25, 0.3) is 0 Å². The number of hydrogen-bond acceptors (Lipinski definition) is 3. The maximum Gasteiger partial charge on any atom is 0.254 e. The van der Waals surface area contributed by atoms with Crippen LogP contribution in [0.4, 0.5) is 5.82 Å². The van der Waals surface area contributed by atoms with Crippen molar-refractivity contribution in [3.8, 4) is 0 Å². The number of carbonyl (C=O) groups is 1. The van der Waals surface area contributed by atoms with Crippen LogP contribution >= 0.6 is 0 Å². The number of amides is 1. The molecule has 4 heteroatoms. The van der Waals surface area contributed by atoms with Crippen molar-refractivity contribution < 1.29 is 4.79 Å². The molecule has 4 rings (SSSR count). The molecule has 142 valence electrons. The van der Waals surface area contributed by atoms with Crippen LogP contribution in [0.1, 0.15) is 66.2 Å². The van der Waals surface area contributed by atoms with Gasteiger partial charge in [-0.05, 0) is 69.2 Å². The summed E-state index contributed by atoms with van der Waals surface area (Å²) in [6, 6.07) is 14.2. The van der Waals surface area contributed by atoms with E-state index in [0.29, 0.717) is 0 Å². The van der Waals surface area contributed by atoms with E-state index in [-0.39, 0.29) is 11.9 Å². The molecular weight excluding hydrogens is 334 g/mol. The van der Waals surface area contributed by atoms with E-state index in [0.717, 1.165) is 56.0 Å². The highest BCUT2D eigenvalue weighted by Crippen LogP contribution is 2.34. The van der Waals surface area contributed by atoms with Gasteiger partial charge in [-0.15, -0.1) is 0 Å². The minimum Gasteiger partial charge on any atom is -0.357 e. The Morgan fingerprint density at radius 1 is 0.926 bits per heavy atom. The van der Waals surface area contributed by atoms with Crippen LogP contribution in [0.2, 0.25) is 0 Å². The van der Waals surface area contributed by atoms with E-state index >= 15 is 0 Å². The smallest absolute Gasteiger partial charge is 0.254 e. The number of rotatable bonds is 3. The third-order valence-electron chi connectivity index (χ3n) is 5.94. The van der Waals surface area contributed by atoms with Crippen LogP contribution in [0, 0.1) is 6.92 Å². The number of aryl methyl sites for hydroxylation is 1. The molecule has 1 atom stereocenters. The molecule has 0 N–H and O–H groups in total. The van der Waals surface area contributed by atoms with Gasteiger partial charge in [-0.1, -0.05) is 24.3 Å². The highest BCUT2D eigenvalue weighted by Gasteiger charge is 2.30. The van der Waals surface area contributed by atoms with E-state index in [9.17, 15) is 4.79 Å². The SMILES string of the molecule is Cc1nc(N2CCCCC2)ccc1C1CCCCN1C(=O)c1ccccc1. The first-order chi connectivity index (χ1) is 13.2. The zero-order chi connectivity index (χ0) is 18.6. The molecule has 1 unspecified atom stereocenters. The van der Waals surface area contributed by atoms with Crippen LogP contribution in [0.3, 0.4) is 0 Å². The predicted molar refractivity (Wildman–Crippen MR) is 109 cm³/mol. The lowest BCUT2D eigenvalue weighted by Crippen LogP contribution is -2.39. The van der Waals surface area contributed by atoms with E-state index in [2.05, 4.69) is 28.9 Å². The van der Waals surface area contributed by atoms with E-state index in [4.69, 9.17) is 4.98 Å². The van der Waals surface area contributed by atoms with Crippen LogP contribution in [-0.4, -0.2) is 35.4 Å². The molecule has 0 saturated carbocycles. The Hall–Kier alpha value is -2.36. The van der Waals surface area contributed by atoms with Gasteiger partial charge < -0.3 is 9.80 Å². The standard InChI is InChI=1S/C23H29N3O/c1-18-20(13-14-22(24-18)25-15-7-3-8-16-25)21-12-6-9-17-26(21)23(27)19-10-4-2-5-11-19/h2,4-5,10-11,13-14,21H,3,6-9,12,15-17H2,1H3. The number of likely N-dealkylation sites (tertiary alicyclic amines) is 1. The van der Waals surface area contributed by atoms with E-state index in [1.807, 2.05) is 30.3 Å². The average molecular weight is 364 g/mol. The maximum atomic E-state index is 13.1. The molecule has 4 nitrogen and oxygen atoms in total. The van der Waals surface area contributed by atoms with Crippen LogP contribution in [-0.2, 0) is 0 Å². The highest BCUT2D eigenvalue weighted by molar-refractivity contribution is 5.94. The summed E-state index contributed by atoms with van der Waals surface area (Å²) in [7, 11) is 0. The Balaban J connectivity index is 1.59. The molecule has 27 heavy (non-hydrogen) atoms. The van der Waals surface area contributed by atoms with Crippen LogP contribution in [0.5, 0.6) is 0 Å². The molecule has 2 aliphatic rings. The second kappa shape index (κ2) is 8.12. The second-order valence-electron chi connectivity index (χ2n) is 7.77. The molecule has 0 aliphatic carbocycles. The normalized spacial score (nSPS) is 20.6. The van der Waals surface area contributed by atoms with Crippen LogP contribution in [0.15, 0.2) is 42.5 Å². The fourth-order valence-electron chi connectivity index (χ4n) is 4.45. The largest absolute Gasteiger partial charge is 0.357 e. The average Bonchev–Trinajstić information content (AvgIpc) is 2.74. The minimum absolute atomic E-state index is 0.134. The van der Waals surface area contributed by atoms with Crippen molar-refractivity contribution in [3.63, 3.8) is 0 Å². The lowest BCUT2D eigenvalue weighted by atomic mass is 9.93. The first kappa shape index (κ1) is 18.0. The molecule has 2 aromatic rings. The van der Waals surface area contributed by atoms with Gasteiger partial charge in [0.15, 0.2) is 0 Å². The van der Waals surface area contributed by atoms with Crippen molar-refractivity contribution >= 4 is 11.7 Å². The highest BCUT2D eigenvalue weighted by atomic mass is 16.2. The first-order valence-corrected chi connectivity index (χ1v) is 10.3. The van der Waals surface area contributed by atoms with E-state index in [1.54, 1.807) is 0 Å². The number of pyridine rings is 1. The fraction of sp³-hybridized carbons (Fsp3) is 0.478. The first-order valence-electron chi connectivity index (χ1n) is 10.3. The number of piperidine rings is 2. The Morgan fingerprint density at radius 2 is 1.67 bits per heavy atom. The Kier molecular flexibility index (Phi) is 5.42. The minimum atomic E-state index is 0.134. The van der Waals surface area contributed by atoms with Gasteiger partial charge in [-0.3, -0.25) is 4.79 Å². The molecule has 2 aliphatic heterocycles. The second-order valence-corrected chi connectivity index (χ2v) is 7.77. The van der Waals surface area contributed by atoms with Crippen molar-refractivity contribution in [1.82, 2.24) is 9.88 Å². The van der Waals surface area contributed by atoms with Gasteiger partial charge in [0, 0.05) is 30.9 Å². The molecule has 0 bridgehead atoms. The quantitative estimate of drug-likeness (QED) is 0.790. The lowest BCUT2D eigenvalue weighted by Gasteiger charge is -2.37. The van der Waals surface area contributed by atoms with Crippen molar-refractivity contribution in [2.24, 2.45) is 0 Å². The van der Waals surface area contributed by atoms with E-state index in [1.165, 1.54) is 24.8 Å². The molecule has 1 amide bonds. The topological polar surface area (TPSA) is 36.4 Å². The number of hydrogen-bond donors (Lipinski definition) is 0. The molecule has 2 saturated heterocycles. The van der Waals surface area contributed by atoms with Gasteiger partial charge in [0.05, 0.1) is 6.04 Å². The van der Waals surface area contributed by atoms with Gasteiger partial charge in [0.1, 0.15) is 5.82 Å². The Bertz CT molecular complexity index is 783. The number of aromatic nitrogens is 1. The van der Waals surface area contributed by atoms with E-state index < -0.39 is 0 Å². The third kappa shape index (κ3) is 3.85. The van der Waals surface area contributed by atoms with Crippen molar-refractivity contribution in [3.05, 3.63) is 59.3 Å². The van der Waals surface area contributed by atoms with Gasteiger partial charge in [-0.2, -0.15) is 0 Å². The lowest BCUT2D eigenvalue weighted by molar-refractivity contribution is 0.0610. The summed E-state index contributed by atoms with van der Waals surface area (Å²) in [5.41, 5.74) is 3.05. The monoisotopic (exact) mass is 363 g/mol. The number of anilines is 1. The zero-order valence-electron chi connectivity index (χ0n) is 16.2. The zero-order valence-corrected chi connectivity index (χ0v) is 16.2. The van der Waals surface area contributed by atoms with Crippen molar-refractivity contribution in [1.29, 1.82) is 0 Å². The number of carbonyl (C=O) groups excluding carboxylic acids is 1. The number of benzene rings is 1. The summed E-state index contributed by atoms with van der Waals surface area (Å²) in [6.07, 6.45) is 7.09. The number of nitrogens with zero attached hydrogens (tertiary/aromatic N) is 3. The fourth-order valence-corrected chi connectivity index (χ4v) is 4.45. The van der Waals surface area contributed by atoms with Gasteiger partial charge in [0.2, 0.25) is 0 Å². The summed E-state index contributed by atoms with van der Waals surface area (Å²) >= 11 is 0. The molecule has 0 radical (unpaired) electrons. The van der Waals surface area contributed by atoms with Crippen molar-refractivity contribution in [2.75, 3.05) is 24.5 Å². The molecule has 1 aromatic heterocycles.